The molecule has 2 aromatic carbocycles. The molecule has 0 atom stereocenters. The van der Waals surface area contributed by atoms with E-state index in [-0.39, 0.29) is 17.3 Å². The zero-order chi connectivity index (χ0) is 21.7. The Morgan fingerprint density at radius 2 is 1.73 bits per heavy atom. The van der Waals surface area contributed by atoms with Gasteiger partial charge in [-0.15, -0.1) is 0 Å². The van der Waals surface area contributed by atoms with Gasteiger partial charge in [-0.2, -0.15) is 0 Å². The second kappa shape index (κ2) is 9.17. The summed E-state index contributed by atoms with van der Waals surface area (Å²) in [6, 6.07) is 15.7. The zero-order valence-electron chi connectivity index (χ0n) is 17.4. The molecule has 0 saturated carbocycles. The van der Waals surface area contributed by atoms with E-state index in [1.165, 1.54) is 4.31 Å². The monoisotopic (exact) mass is 426 g/mol. The Bertz CT molecular complexity index is 1100. The summed E-state index contributed by atoms with van der Waals surface area (Å²) in [5, 5.41) is 2.78. The molecule has 30 heavy (non-hydrogen) atoms. The number of nitrogens with zero attached hydrogens (tertiary/aromatic N) is 1. The summed E-state index contributed by atoms with van der Waals surface area (Å²) in [5.41, 5.74) is 3.23. The van der Waals surface area contributed by atoms with E-state index in [2.05, 4.69) is 5.32 Å². The lowest BCUT2D eigenvalue weighted by molar-refractivity contribution is -0.119. The molecular formula is C23H26N2O4S. The van der Waals surface area contributed by atoms with Crippen LogP contribution in [0.2, 0.25) is 0 Å². The fourth-order valence-corrected chi connectivity index (χ4v) is 4.59. The van der Waals surface area contributed by atoms with Crippen LogP contribution in [0.25, 0.3) is 0 Å². The van der Waals surface area contributed by atoms with Gasteiger partial charge in [-0.1, -0.05) is 29.8 Å². The Morgan fingerprint density at radius 1 is 1.00 bits per heavy atom. The maximum absolute atomic E-state index is 13.4. The highest BCUT2D eigenvalue weighted by molar-refractivity contribution is 7.92. The minimum Gasteiger partial charge on any atom is -0.469 e. The van der Waals surface area contributed by atoms with Crippen molar-refractivity contribution in [1.82, 2.24) is 5.32 Å². The molecule has 6 nitrogen and oxygen atoms in total. The molecule has 0 aliphatic carbocycles. The van der Waals surface area contributed by atoms with Crippen LogP contribution in [-0.4, -0.2) is 27.4 Å². The van der Waals surface area contributed by atoms with Crippen LogP contribution in [-0.2, 0) is 21.2 Å². The molecule has 0 unspecified atom stereocenters. The lowest BCUT2D eigenvalue weighted by atomic mass is 10.1. The first kappa shape index (κ1) is 21.6. The number of hydrogen-bond donors (Lipinski definition) is 1. The van der Waals surface area contributed by atoms with Crippen molar-refractivity contribution in [3.63, 3.8) is 0 Å². The molecule has 0 aliphatic rings. The van der Waals surface area contributed by atoms with Crippen LogP contribution in [0.1, 0.15) is 22.5 Å². The lowest BCUT2D eigenvalue weighted by Gasteiger charge is -2.26. The van der Waals surface area contributed by atoms with Crippen LogP contribution < -0.4 is 9.62 Å². The number of furan rings is 1. The number of hydrogen-bond acceptors (Lipinski definition) is 4. The van der Waals surface area contributed by atoms with Gasteiger partial charge in [0.2, 0.25) is 5.91 Å². The zero-order valence-corrected chi connectivity index (χ0v) is 18.2. The van der Waals surface area contributed by atoms with Crippen molar-refractivity contribution in [2.75, 3.05) is 17.4 Å². The van der Waals surface area contributed by atoms with Crippen LogP contribution in [0.4, 0.5) is 5.69 Å². The van der Waals surface area contributed by atoms with Crippen molar-refractivity contribution in [1.29, 1.82) is 0 Å². The van der Waals surface area contributed by atoms with Crippen molar-refractivity contribution in [2.45, 2.75) is 32.1 Å². The molecule has 0 spiro atoms. The summed E-state index contributed by atoms with van der Waals surface area (Å²) in [4.78, 5) is 12.8. The highest BCUT2D eigenvalue weighted by atomic mass is 32.2. The maximum Gasteiger partial charge on any atom is 0.264 e. The summed E-state index contributed by atoms with van der Waals surface area (Å²) in [7, 11) is -3.92. The first-order chi connectivity index (χ1) is 14.3. The Balaban J connectivity index is 1.86. The van der Waals surface area contributed by atoms with Gasteiger partial charge in [-0.25, -0.2) is 8.42 Å². The van der Waals surface area contributed by atoms with Gasteiger partial charge in [-0.3, -0.25) is 9.10 Å². The van der Waals surface area contributed by atoms with E-state index >= 15 is 0 Å². The van der Waals surface area contributed by atoms with E-state index in [4.69, 9.17) is 4.42 Å². The molecule has 1 amide bonds. The molecule has 7 heteroatoms. The molecular weight excluding hydrogens is 400 g/mol. The quantitative estimate of drug-likeness (QED) is 0.595. The van der Waals surface area contributed by atoms with Gasteiger partial charge >= 0.3 is 0 Å². The first-order valence-corrected chi connectivity index (χ1v) is 11.2. The van der Waals surface area contributed by atoms with Gasteiger partial charge in [0.05, 0.1) is 16.8 Å². The van der Waals surface area contributed by atoms with E-state index in [0.29, 0.717) is 18.7 Å². The van der Waals surface area contributed by atoms with Gasteiger partial charge in [0.25, 0.3) is 10.0 Å². The summed E-state index contributed by atoms with van der Waals surface area (Å²) >= 11 is 0. The topological polar surface area (TPSA) is 79.6 Å². The highest BCUT2D eigenvalue weighted by Gasteiger charge is 2.28. The largest absolute Gasteiger partial charge is 0.469 e. The third-order valence-electron chi connectivity index (χ3n) is 5.01. The minimum atomic E-state index is -3.92. The third kappa shape index (κ3) is 4.91. The van der Waals surface area contributed by atoms with E-state index in [0.717, 1.165) is 22.5 Å². The standard InChI is InChI=1S/C23H26N2O4S/c1-17-9-11-21(12-10-17)30(27,28)25(22-8-4-6-18(2)19(22)3)16-23(26)24-14-13-20-7-5-15-29-20/h4-12,15H,13-14,16H2,1-3H3,(H,24,26). The summed E-state index contributed by atoms with van der Waals surface area (Å²) in [5.74, 6) is 0.382. The molecule has 0 saturated heterocycles. The predicted octanol–water partition coefficient (Wildman–Crippen LogP) is 3.76. The summed E-state index contributed by atoms with van der Waals surface area (Å²) in [6.07, 6.45) is 2.11. The molecule has 3 rings (SSSR count). The number of aryl methyl sites for hydroxylation is 2. The Labute approximate surface area is 177 Å². The minimum absolute atomic E-state index is 0.150. The van der Waals surface area contributed by atoms with Crippen molar-refractivity contribution in [2.24, 2.45) is 0 Å². The smallest absolute Gasteiger partial charge is 0.264 e. The van der Waals surface area contributed by atoms with Gasteiger partial charge in [0, 0.05) is 13.0 Å². The third-order valence-corrected chi connectivity index (χ3v) is 6.79. The normalized spacial score (nSPS) is 11.3. The van der Waals surface area contributed by atoms with Gasteiger partial charge in [-0.05, 0) is 62.2 Å². The second-order valence-corrected chi connectivity index (χ2v) is 9.09. The molecule has 1 N–H and O–H groups in total. The Hall–Kier alpha value is -3.06. The van der Waals surface area contributed by atoms with Gasteiger partial charge < -0.3 is 9.73 Å². The fourth-order valence-electron chi connectivity index (χ4n) is 3.11. The van der Waals surface area contributed by atoms with E-state index in [9.17, 15) is 13.2 Å². The van der Waals surface area contributed by atoms with Gasteiger partial charge in [0.1, 0.15) is 12.3 Å². The van der Waals surface area contributed by atoms with Crippen LogP contribution in [0.15, 0.2) is 70.2 Å². The molecule has 3 aromatic rings. The first-order valence-electron chi connectivity index (χ1n) is 9.74. The number of benzene rings is 2. The average Bonchev–Trinajstić information content (AvgIpc) is 3.22. The van der Waals surface area contributed by atoms with Crippen molar-refractivity contribution in [3.8, 4) is 0 Å². The van der Waals surface area contributed by atoms with Crippen LogP contribution in [0.5, 0.6) is 0 Å². The van der Waals surface area contributed by atoms with E-state index in [1.807, 2.05) is 32.9 Å². The number of carbonyl (C=O) groups excluding carboxylic acids is 1. The number of nitrogens with one attached hydrogen (secondary N) is 1. The summed E-state index contributed by atoms with van der Waals surface area (Å²) < 4.78 is 33.3. The average molecular weight is 427 g/mol. The lowest BCUT2D eigenvalue weighted by Crippen LogP contribution is -2.41. The number of carbonyl (C=O) groups is 1. The molecule has 1 heterocycles. The number of sulfonamides is 1. The van der Waals surface area contributed by atoms with Crippen molar-refractivity contribution >= 4 is 21.6 Å². The van der Waals surface area contributed by atoms with Crippen molar-refractivity contribution < 1.29 is 17.6 Å². The highest BCUT2D eigenvalue weighted by Crippen LogP contribution is 2.28. The number of anilines is 1. The van der Waals surface area contributed by atoms with Crippen LogP contribution >= 0.6 is 0 Å². The van der Waals surface area contributed by atoms with E-state index < -0.39 is 10.0 Å². The number of amides is 1. The van der Waals surface area contributed by atoms with Crippen molar-refractivity contribution in [3.05, 3.63) is 83.3 Å². The Morgan fingerprint density at radius 3 is 2.40 bits per heavy atom. The molecule has 0 bridgehead atoms. The second-order valence-electron chi connectivity index (χ2n) is 7.22. The molecule has 1 aromatic heterocycles. The van der Waals surface area contributed by atoms with E-state index in [1.54, 1.807) is 48.7 Å². The Kier molecular flexibility index (Phi) is 6.62. The summed E-state index contributed by atoms with van der Waals surface area (Å²) in [6.45, 7) is 5.72. The number of rotatable bonds is 8. The maximum atomic E-state index is 13.4. The molecule has 0 radical (unpaired) electrons. The molecule has 158 valence electrons. The fraction of sp³-hybridized carbons (Fsp3) is 0.261. The van der Waals surface area contributed by atoms with Crippen LogP contribution in [0, 0.1) is 20.8 Å². The van der Waals surface area contributed by atoms with Gasteiger partial charge in [0.15, 0.2) is 0 Å². The molecule has 0 aliphatic heterocycles. The predicted molar refractivity (Wildman–Crippen MR) is 117 cm³/mol. The SMILES string of the molecule is Cc1ccc(S(=O)(=O)N(CC(=O)NCCc2ccco2)c2cccc(C)c2C)cc1. The molecule has 0 fully saturated rings. The van der Waals surface area contributed by atoms with Crippen LogP contribution in [0.3, 0.4) is 0 Å².